The second-order valence-corrected chi connectivity index (χ2v) is 6.14. The van der Waals surface area contributed by atoms with E-state index < -0.39 is 10.1 Å². The van der Waals surface area contributed by atoms with Crippen LogP contribution in [0.4, 0.5) is 0 Å². The maximum absolute atomic E-state index is 10.4. The van der Waals surface area contributed by atoms with Gasteiger partial charge in [-0.2, -0.15) is 11.3 Å². The van der Waals surface area contributed by atoms with Crippen molar-refractivity contribution in [2.75, 3.05) is 19.3 Å². The quantitative estimate of drug-likeness (QED) is 0.348. The van der Waals surface area contributed by atoms with Gasteiger partial charge in [0, 0.05) is 12.3 Å². The molecule has 0 saturated heterocycles. The third-order valence-corrected chi connectivity index (χ3v) is 3.74. The van der Waals surface area contributed by atoms with E-state index in [1.165, 1.54) is 5.56 Å². The molecule has 0 amide bonds. The number of hydrogen-bond donors (Lipinski definition) is 0. The summed E-state index contributed by atoms with van der Waals surface area (Å²) in [5, 5.41) is 4.13. The van der Waals surface area contributed by atoms with Crippen LogP contribution in [0, 0.1) is 0 Å². The first-order chi connectivity index (χ1) is 7.47. The van der Waals surface area contributed by atoms with Crippen LogP contribution in [0.5, 0.6) is 0 Å². The van der Waals surface area contributed by atoms with Crippen molar-refractivity contribution in [2.45, 2.75) is 19.4 Å². The van der Waals surface area contributed by atoms with Gasteiger partial charge in [0.2, 0.25) is 0 Å². The molecule has 0 aromatic carbocycles. The summed E-state index contributed by atoms with van der Waals surface area (Å²) in [6, 6.07) is 2.07. The Morgan fingerprint density at radius 3 is 2.65 bits per heavy atom. The number of rotatable bonds is 7. The Bertz CT molecular complexity index is 392. The van der Waals surface area contributed by atoms with Gasteiger partial charge in [0.25, 0.3) is 0 Å². The van der Waals surface area contributed by atoms with E-state index in [1.807, 2.05) is 12.4 Å². The van der Waals surface area contributed by atoms with Crippen LogP contribution in [-0.4, -0.2) is 37.2 Å². The Morgan fingerprint density at radius 2 is 2.12 bits per heavy atom. The van der Waals surface area contributed by atoms with Crippen molar-refractivity contribution in [1.29, 1.82) is 0 Å². The molecule has 0 aliphatic heterocycles. The van der Waals surface area contributed by atoms with Crippen molar-refractivity contribution in [3.8, 4) is 0 Å². The summed E-state index contributed by atoms with van der Waals surface area (Å²) in [5.74, 6) is -0.251. The molecule has 0 saturated carbocycles. The average molecular weight is 285 g/mol. The minimum Gasteiger partial charge on any atom is -0.748 e. The van der Waals surface area contributed by atoms with Crippen molar-refractivity contribution < 1.29 is 42.5 Å². The molecule has 1 aromatic rings. The summed E-state index contributed by atoms with van der Waals surface area (Å²) < 4.78 is 31.1. The minimum absolute atomic E-state index is 0. The second kappa shape index (κ2) is 8.63. The van der Waals surface area contributed by atoms with Gasteiger partial charge in [0.05, 0.1) is 10.1 Å². The van der Waals surface area contributed by atoms with Crippen LogP contribution in [0.25, 0.3) is 0 Å². The average Bonchev–Trinajstić information content (AvgIpc) is 2.63. The zero-order valence-electron chi connectivity index (χ0n) is 10.3. The third-order valence-electron chi connectivity index (χ3n) is 2.22. The molecule has 0 fully saturated rings. The second-order valence-electron chi connectivity index (χ2n) is 3.84. The number of nitrogens with zero attached hydrogens (tertiary/aromatic N) is 1. The molecule has 0 N–H and O–H groups in total. The van der Waals surface area contributed by atoms with Gasteiger partial charge >= 0.3 is 29.6 Å². The molecule has 17 heavy (non-hydrogen) atoms. The number of unbranched alkanes of at least 4 members (excludes halogenated alkanes) is 1. The fourth-order valence-corrected chi connectivity index (χ4v) is 2.65. The van der Waals surface area contributed by atoms with Crippen LogP contribution in [0.2, 0.25) is 0 Å². The Morgan fingerprint density at radius 1 is 1.41 bits per heavy atom. The predicted molar refractivity (Wildman–Crippen MR) is 64.5 cm³/mol. The summed E-state index contributed by atoms with van der Waals surface area (Å²) in [7, 11) is -2.05. The molecule has 0 spiro atoms. The van der Waals surface area contributed by atoms with Crippen LogP contribution in [0.3, 0.4) is 0 Å². The molecule has 1 aromatic heterocycles. The molecular weight excluding hydrogens is 269 g/mol. The van der Waals surface area contributed by atoms with Crippen LogP contribution < -0.4 is 29.6 Å². The van der Waals surface area contributed by atoms with Gasteiger partial charge in [0.15, 0.2) is 0 Å². The van der Waals surface area contributed by atoms with E-state index in [4.69, 9.17) is 0 Å². The largest absolute Gasteiger partial charge is 1.00 e. The molecule has 92 valence electrons. The fourth-order valence-electron chi connectivity index (χ4n) is 1.43. The summed E-state index contributed by atoms with van der Waals surface area (Å²) in [5.41, 5.74) is 1.27. The SMILES string of the molecule is CN(CCCCS(=O)(=O)[O-])Cc1ccsc1.[Na+]. The van der Waals surface area contributed by atoms with Crippen LogP contribution >= 0.6 is 11.3 Å². The molecule has 4 nitrogen and oxygen atoms in total. The van der Waals surface area contributed by atoms with Crippen molar-refractivity contribution in [1.82, 2.24) is 4.90 Å². The van der Waals surface area contributed by atoms with E-state index in [0.29, 0.717) is 6.42 Å². The monoisotopic (exact) mass is 285 g/mol. The van der Waals surface area contributed by atoms with E-state index in [-0.39, 0.29) is 35.3 Å². The molecule has 0 radical (unpaired) electrons. The molecule has 0 aliphatic carbocycles. The molecular formula is C10H16NNaO3S2. The first kappa shape index (κ1) is 17.6. The maximum atomic E-state index is 10.4. The van der Waals surface area contributed by atoms with E-state index in [1.54, 1.807) is 11.3 Å². The molecule has 0 unspecified atom stereocenters. The van der Waals surface area contributed by atoms with Gasteiger partial charge in [-0.1, -0.05) is 0 Å². The van der Waals surface area contributed by atoms with Crippen molar-refractivity contribution >= 4 is 21.5 Å². The number of hydrogen-bond acceptors (Lipinski definition) is 5. The first-order valence-electron chi connectivity index (χ1n) is 5.10. The molecule has 0 bridgehead atoms. The van der Waals surface area contributed by atoms with Crippen molar-refractivity contribution in [3.05, 3.63) is 22.4 Å². The van der Waals surface area contributed by atoms with Gasteiger partial charge in [-0.25, -0.2) is 8.42 Å². The zero-order chi connectivity index (χ0) is 12.0. The van der Waals surface area contributed by atoms with E-state index in [2.05, 4.69) is 16.3 Å². The van der Waals surface area contributed by atoms with Gasteiger partial charge in [-0.15, -0.1) is 0 Å². The Labute approximate surface area is 129 Å². The van der Waals surface area contributed by atoms with Crippen molar-refractivity contribution in [3.63, 3.8) is 0 Å². The third kappa shape index (κ3) is 9.18. The topological polar surface area (TPSA) is 60.4 Å². The zero-order valence-corrected chi connectivity index (χ0v) is 13.9. The maximum Gasteiger partial charge on any atom is 1.00 e. The van der Waals surface area contributed by atoms with E-state index >= 15 is 0 Å². The molecule has 0 aliphatic rings. The molecule has 0 atom stereocenters. The van der Waals surface area contributed by atoms with E-state index in [0.717, 1.165) is 19.5 Å². The first-order valence-corrected chi connectivity index (χ1v) is 7.62. The van der Waals surface area contributed by atoms with Gasteiger partial charge < -0.3 is 9.45 Å². The molecule has 7 heteroatoms. The summed E-state index contributed by atoms with van der Waals surface area (Å²) in [6.07, 6.45) is 1.18. The van der Waals surface area contributed by atoms with Crippen LogP contribution in [-0.2, 0) is 16.7 Å². The Kier molecular flexibility index (Phi) is 8.92. The van der Waals surface area contributed by atoms with Crippen LogP contribution in [0.1, 0.15) is 18.4 Å². The fraction of sp³-hybridized carbons (Fsp3) is 0.600. The summed E-state index contributed by atoms with van der Waals surface area (Å²) in [6.45, 7) is 1.68. The van der Waals surface area contributed by atoms with Gasteiger partial charge in [-0.05, 0) is 48.8 Å². The van der Waals surface area contributed by atoms with Crippen LogP contribution in [0.15, 0.2) is 16.8 Å². The number of thiophene rings is 1. The van der Waals surface area contributed by atoms with Gasteiger partial charge in [-0.3, -0.25) is 0 Å². The summed E-state index contributed by atoms with van der Waals surface area (Å²) in [4.78, 5) is 2.12. The smallest absolute Gasteiger partial charge is 0.748 e. The van der Waals surface area contributed by atoms with E-state index in [9.17, 15) is 13.0 Å². The Balaban J connectivity index is 0.00000256. The normalized spacial score (nSPS) is 11.5. The molecule has 1 rings (SSSR count). The Hall–Kier alpha value is 0.570. The van der Waals surface area contributed by atoms with Gasteiger partial charge in [0.1, 0.15) is 0 Å². The summed E-state index contributed by atoms with van der Waals surface area (Å²) >= 11 is 1.67. The minimum atomic E-state index is -4.04. The standard InChI is InChI=1S/C10H17NO3S2.Na/c1-11(8-10-4-6-15-9-10)5-2-3-7-16(12,13)14;/h4,6,9H,2-3,5,7-8H2,1H3,(H,12,13,14);/q;+1/p-1. The predicted octanol–water partition coefficient (Wildman–Crippen LogP) is -1.49. The molecule has 1 heterocycles. The van der Waals surface area contributed by atoms with Crippen molar-refractivity contribution in [2.24, 2.45) is 0 Å².